The lowest BCUT2D eigenvalue weighted by Gasteiger charge is -2.23. The zero-order valence-corrected chi connectivity index (χ0v) is 19.8. The number of unbranched alkanes of at least 4 members (excludes halogenated alkanes) is 1. The molecule has 0 spiro atoms. The van der Waals surface area contributed by atoms with Gasteiger partial charge in [-0.1, -0.05) is 55.8 Å². The SMILES string of the molecule is CCCCOC1CC=C(c2ccc(-c3ccc(-c4ccc(OC)c(F)c4F)cc3)c(F)c2F)CC1. The third-order valence-electron chi connectivity index (χ3n) is 6.42. The number of hydrogen-bond acceptors (Lipinski definition) is 2. The van der Waals surface area contributed by atoms with Crippen molar-refractivity contribution in [3.63, 3.8) is 0 Å². The number of rotatable bonds is 8. The zero-order chi connectivity index (χ0) is 24.9. The molecule has 1 aliphatic rings. The highest BCUT2D eigenvalue weighted by Crippen LogP contribution is 2.35. The van der Waals surface area contributed by atoms with Gasteiger partial charge in [0, 0.05) is 23.3 Å². The molecule has 35 heavy (non-hydrogen) atoms. The molecule has 1 atom stereocenters. The van der Waals surface area contributed by atoms with Gasteiger partial charge in [0.05, 0.1) is 13.2 Å². The lowest BCUT2D eigenvalue weighted by molar-refractivity contribution is 0.0466. The van der Waals surface area contributed by atoms with E-state index in [0.717, 1.165) is 31.4 Å². The number of halogens is 4. The van der Waals surface area contributed by atoms with Crippen molar-refractivity contribution in [3.8, 4) is 28.0 Å². The third-order valence-corrected chi connectivity index (χ3v) is 6.42. The summed E-state index contributed by atoms with van der Waals surface area (Å²) in [5.74, 6) is -4.11. The van der Waals surface area contributed by atoms with E-state index in [9.17, 15) is 8.78 Å². The van der Waals surface area contributed by atoms with Crippen LogP contribution in [0.3, 0.4) is 0 Å². The van der Waals surface area contributed by atoms with E-state index in [1.807, 2.05) is 6.08 Å². The van der Waals surface area contributed by atoms with Crippen LogP contribution in [0.1, 0.15) is 44.6 Å². The number of ether oxygens (including phenoxy) is 2. The average molecular weight is 485 g/mol. The maximum absolute atomic E-state index is 15.1. The van der Waals surface area contributed by atoms with Gasteiger partial charge in [0.25, 0.3) is 0 Å². The molecule has 184 valence electrons. The van der Waals surface area contributed by atoms with Gasteiger partial charge < -0.3 is 9.47 Å². The molecular formula is C29H28F4O2. The second kappa shape index (κ2) is 11.1. The lowest BCUT2D eigenvalue weighted by atomic mass is 9.90. The molecule has 0 amide bonds. The molecule has 0 aliphatic heterocycles. The summed E-state index contributed by atoms with van der Waals surface area (Å²) in [6.45, 7) is 2.83. The summed E-state index contributed by atoms with van der Waals surface area (Å²) in [6, 6.07) is 12.1. The first-order valence-electron chi connectivity index (χ1n) is 11.9. The van der Waals surface area contributed by atoms with Crippen LogP contribution in [0, 0.1) is 23.3 Å². The fraction of sp³-hybridized carbons (Fsp3) is 0.310. The number of allylic oxidation sites excluding steroid dienone is 1. The molecule has 0 aromatic heterocycles. The summed E-state index contributed by atoms with van der Waals surface area (Å²) in [6.07, 6.45) is 6.25. The van der Waals surface area contributed by atoms with E-state index in [1.54, 1.807) is 36.4 Å². The van der Waals surface area contributed by atoms with Crippen molar-refractivity contribution in [2.24, 2.45) is 0 Å². The molecule has 6 heteroatoms. The fourth-order valence-corrected chi connectivity index (χ4v) is 4.36. The normalized spacial score (nSPS) is 15.7. The van der Waals surface area contributed by atoms with Gasteiger partial charge in [-0.05, 0) is 54.5 Å². The van der Waals surface area contributed by atoms with Gasteiger partial charge in [0.2, 0.25) is 5.82 Å². The summed E-state index contributed by atoms with van der Waals surface area (Å²) in [4.78, 5) is 0. The van der Waals surface area contributed by atoms with Gasteiger partial charge in [-0.3, -0.25) is 0 Å². The maximum Gasteiger partial charge on any atom is 0.201 e. The van der Waals surface area contributed by atoms with Crippen LogP contribution in [0.5, 0.6) is 5.75 Å². The molecule has 0 heterocycles. The maximum atomic E-state index is 15.1. The third kappa shape index (κ3) is 5.27. The summed E-state index contributed by atoms with van der Waals surface area (Å²) in [5.41, 5.74) is 2.07. The van der Waals surface area contributed by atoms with E-state index in [0.29, 0.717) is 24.0 Å². The van der Waals surface area contributed by atoms with Crippen molar-refractivity contribution in [2.45, 2.75) is 45.1 Å². The Morgan fingerprint density at radius 2 is 1.34 bits per heavy atom. The molecule has 0 saturated heterocycles. The quantitative estimate of drug-likeness (QED) is 0.236. The molecule has 0 N–H and O–H groups in total. The lowest BCUT2D eigenvalue weighted by Crippen LogP contribution is -2.16. The van der Waals surface area contributed by atoms with E-state index in [1.165, 1.54) is 19.2 Å². The fourth-order valence-electron chi connectivity index (χ4n) is 4.36. The summed E-state index contributed by atoms with van der Waals surface area (Å²) in [5, 5.41) is 0. The van der Waals surface area contributed by atoms with Crippen molar-refractivity contribution in [1.82, 2.24) is 0 Å². The van der Waals surface area contributed by atoms with Gasteiger partial charge in [0.15, 0.2) is 23.2 Å². The molecule has 1 aliphatic carbocycles. The Morgan fingerprint density at radius 1 is 0.771 bits per heavy atom. The van der Waals surface area contributed by atoms with Crippen LogP contribution in [0.15, 0.2) is 54.6 Å². The highest BCUT2D eigenvalue weighted by molar-refractivity contribution is 5.74. The molecule has 2 nitrogen and oxygen atoms in total. The van der Waals surface area contributed by atoms with Crippen LogP contribution in [-0.2, 0) is 4.74 Å². The number of hydrogen-bond donors (Lipinski definition) is 0. The first kappa shape index (κ1) is 25.0. The molecule has 3 aromatic rings. The van der Waals surface area contributed by atoms with Gasteiger partial charge in [-0.15, -0.1) is 0 Å². The first-order valence-corrected chi connectivity index (χ1v) is 11.9. The monoisotopic (exact) mass is 484 g/mol. The number of benzene rings is 3. The minimum Gasteiger partial charge on any atom is -0.494 e. The smallest absolute Gasteiger partial charge is 0.201 e. The second-order valence-electron chi connectivity index (χ2n) is 8.66. The summed E-state index contributed by atoms with van der Waals surface area (Å²) < 4.78 is 69.2. The van der Waals surface area contributed by atoms with Crippen LogP contribution in [0.4, 0.5) is 17.6 Å². The van der Waals surface area contributed by atoms with E-state index >= 15 is 8.78 Å². The Hall–Kier alpha value is -3.12. The Kier molecular flexibility index (Phi) is 7.91. The van der Waals surface area contributed by atoms with E-state index in [4.69, 9.17) is 9.47 Å². The Balaban J connectivity index is 1.54. The van der Waals surface area contributed by atoms with Crippen molar-refractivity contribution < 1.29 is 27.0 Å². The van der Waals surface area contributed by atoms with E-state index in [-0.39, 0.29) is 28.5 Å². The molecule has 3 aromatic carbocycles. The predicted molar refractivity (Wildman–Crippen MR) is 130 cm³/mol. The van der Waals surface area contributed by atoms with E-state index < -0.39 is 23.3 Å². The Labute approximate surface area is 203 Å². The summed E-state index contributed by atoms with van der Waals surface area (Å²) in [7, 11) is 1.26. The first-order chi connectivity index (χ1) is 16.9. The van der Waals surface area contributed by atoms with Crippen LogP contribution in [0.25, 0.3) is 27.8 Å². The van der Waals surface area contributed by atoms with Crippen molar-refractivity contribution in [2.75, 3.05) is 13.7 Å². The van der Waals surface area contributed by atoms with Crippen molar-refractivity contribution >= 4 is 5.57 Å². The topological polar surface area (TPSA) is 18.5 Å². The average Bonchev–Trinajstić information content (AvgIpc) is 2.88. The van der Waals surface area contributed by atoms with Gasteiger partial charge in [-0.25, -0.2) is 13.2 Å². The molecule has 0 saturated carbocycles. The highest BCUT2D eigenvalue weighted by atomic mass is 19.2. The minimum atomic E-state index is -1.08. The van der Waals surface area contributed by atoms with E-state index in [2.05, 4.69) is 6.92 Å². The van der Waals surface area contributed by atoms with Crippen LogP contribution in [-0.4, -0.2) is 19.8 Å². The van der Waals surface area contributed by atoms with Crippen molar-refractivity contribution in [1.29, 1.82) is 0 Å². The Bertz CT molecular complexity index is 1220. The molecular weight excluding hydrogens is 456 g/mol. The standard InChI is InChI=1S/C29H28F4O2/c1-3-4-17-35-21-11-9-20(10-12-21)23-14-13-22(26(30)27(23)31)18-5-7-19(8-6-18)24-15-16-25(34-2)29(33)28(24)32/h5-9,13-16,21H,3-4,10-12,17H2,1-2H3. The van der Waals surface area contributed by atoms with Crippen molar-refractivity contribution in [3.05, 3.63) is 83.4 Å². The molecule has 0 radical (unpaired) electrons. The van der Waals surface area contributed by atoms with Gasteiger partial charge >= 0.3 is 0 Å². The largest absolute Gasteiger partial charge is 0.494 e. The number of methoxy groups -OCH3 is 1. The van der Waals surface area contributed by atoms with Crippen LogP contribution < -0.4 is 4.74 Å². The highest BCUT2D eigenvalue weighted by Gasteiger charge is 2.22. The molecule has 4 rings (SSSR count). The van der Waals surface area contributed by atoms with Gasteiger partial charge in [0.1, 0.15) is 0 Å². The summed E-state index contributed by atoms with van der Waals surface area (Å²) >= 11 is 0. The van der Waals surface area contributed by atoms with Crippen LogP contribution >= 0.6 is 0 Å². The molecule has 0 fully saturated rings. The minimum absolute atomic E-state index is 0.0538. The van der Waals surface area contributed by atoms with Gasteiger partial charge in [-0.2, -0.15) is 4.39 Å². The zero-order valence-electron chi connectivity index (χ0n) is 19.8. The molecule has 0 bridgehead atoms. The predicted octanol–water partition coefficient (Wildman–Crippen LogP) is 8.34. The van der Waals surface area contributed by atoms with Crippen LogP contribution in [0.2, 0.25) is 0 Å². The second-order valence-corrected chi connectivity index (χ2v) is 8.66. The Morgan fingerprint density at radius 3 is 1.91 bits per heavy atom. The molecule has 1 unspecified atom stereocenters.